The van der Waals surface area contributed by atoms with Crippen molar-refractivity contribution in [3.8, 4) is 0 Å². The third-order valence-electron chi connectivity index (χ3n) is 1.12. The molecule has 0 fully saturated rings. The van der Waals surface area contributed by atoms with Crippen LogP contribution in [-0.2, 0) is 6.54 Å². The van der Waals surface area contributed by atoms with Gasteiger partial charge in [-0.1, -0.05) is 23.2 Å². The summed E-state index contributed by atoms with van der Waals surface area (Å²) in [7, 11) is 0. The van der Waals surface area contributed by atoms with E-state index >= 15 is 0 Å². The van der Waals surface area contributed by atoms with E-state index in [-0.39, 0.29) is 24.8 Å². The van der Waals surface area contributed by atoms with E-state index in [0.29, 0.717) is 16.7 Å². The minimum absolute atomic E-state index is 0. The van der Waals surface area contributed by atoms with E-state index in [4.69, 9.17) is 28.9 Å². The molecule has 6 heteroatoms. The van der Waals surface area contributed by atoms with E-state index in [2.05, 4.69) is 4.98 Å². The molecule has 0 saturated heterocycles. The molecule has 0 atom stereocenters. The van der Waals surface area contributed by atoms with Crippen LogP contribution in [0.15, 0.2) is 12.3 Å². The third kappa shape index (κ3) is 3.78. The lowest BCUT2D eigenvalue weighted by atomic mass is 10.3. The SMILES string of the molecule is Cl.Cl.NCc1cnc(Cl)cc1Cl. The molecule has 2 N–H and O–H groups in total. The Bertz CT molecular complexity index is 241. The molecule has 0 aliphatic carbocycles. The van der Waals surface area contributed by atoms with Crippen molar-refractivity contribution in [1.82, 2.24) is 4.98 Å². The van der Waals surface area contributed by atoms with E-state index < -0.39 is 0 Å². The molecule has 12 heavy (non-hydrogen) atoms. The van der Waals surface area contributed by atoms with Gasteiger partial charge in [-0.05, 0) is 6.07 Å². The number of pyridine rings is 1. The van der Waals surface area contributed by atoms with Gasteiger partial charge in [0.1, 0.15) is 5.15 Å². The van der Waals surface area contributed by atoms with Gasteiger partial charge in [-0.3, -0.25) is 0 Å². The molecular weight excluding hydrogens is 242 g/mol. The molecule has 1 aromatic rings. The average molecular weight is 250 g/mol. The highest BCUT2D eigenvalue weighted by Gasteiger charge is 1.98. The van der Waals surface area contributed by atoms with Crippen LogP contribution < -0.4 is 5.73 Å². The van der Waals surface area contributed by atoms with Crippen molar-refractivity contribution in [3.63, 3.8) is 0 Å². The lowest BCUT2D eigenvalue weighted by Gasteiger charge is -1.98. The largest absolute Gasteiger partial charge is 0.326 e. The summed E-state index contributed by atoms with van der Waals surface area (Å²) >= 11 is 11.3. The van der Waals surface area contributed by atoms with Gasteiger partial charge >= 0.3 is 0 Å². The second kappa shape index (κ2) is 6.75. The molecule has 0 aliphatic rings. The Hall–Kier alpha value is 0.270. The van der Waals surface area contributed by atoms with Crippen LogP contribution in [0.2, 0.25) is 10.2 Å². The van der Waals surface area contributed by atoms with Crippen molar-refractivity contribution < 1.29 is 0 Å². The third-order valence-corrected chi connectivity index (χ3v) is 1.67. The summed E-state index contributed by atoms with van der Waals surface area (Å²) in [5.41, 5.74) is 6.14. The average Bonchev–Trinajstić information content (AvgIpc) is 1.88. The number of hydrogen-bond donors (Lipinski definition) is 1. The predicted octanol–water partition coefficient (Wildman–Crippen LogP) is 2.69. The van der Waals surface area contributed by atoms with Crippen molar-refractivity contribution in [2.45, 2.75) is 6.54 Å². The van der Waals surface area contributed by atoms with Crippen molar-refractivity contribution >= 4 is 48.0 Å². The van der Waals surface area contributed by atoms with Crippen molar-refractivity contribution in [2.75, 3.05) is 0 Å². The monoisotopic (exact) mass is 248 g/mol. The molecule has 1 aromatic heterocycles. The van der Waals surface area contributed by atoms with Gasteiger partial charge in [0.2, 0.25) is 0 Å². The molecule has 0 aromatic carbocycles. The van der Waals surface area contributed by atoms with Crippen LogP contribution in [0.25, 0.3) is 0 Å². The summed E-state index contributed by atoms with van der Waals surface area (Å²) in [6.45, 7) is 0.392. The number of halogens is 4. The molecular formula is C6H8Cl4N2. The first-order chi connectivity index (χ1) is 4.74. The van der Waals surface area contributed by atoms with Gasteiger partial charge in [0, 0.05) is 23.3 Å². The normalized spacial score (nSPS) is 8.25. The Balaban J connectivity index is 0. The van der Waals surface area contributed by atoms with Crippen LogP contribution in [0.3, 0.4) is 0 Å². The lowest BCUT2D eigenvalue weighted by molar-refractivity contribution is 1.05. The van der Waals surface area contributed by atoms with Gasteiger partial charge in [0.15, 0.2) is 0 Å². The van der Waals surface area contributed by atoms with Gasteiger partial charge in [0.05, 0.1) is 0 Å². The molecule has 0 aliphatic heterocycles. The number of nitrogens with zero attached hydrogens (tertiary/aromatic N) is 1. The van der Waals surface area contributed by atoms with Gasteiger partial charge < -0.3 is 5.73 Å². The number of hydrogen-bond acceptors (Lipinski definition) is 2. The summed E-state index contributed by atoms with van der Waals surface area (Å²) in [6.07, 6.45) is 1.57. The van der Waals surface area contributed by atoms with Crippen molar-refractivity contribution in [1.29, 1.82) is 0 Å². The fraction of sp³-hybridized carbons (Fsp3) is 0.167. The van der Waals surface area contributed by atoms with Gasteiger partial charge in [-0.2, -0.15) is 0 Å². The molecule has 0 saturated carbocycles. The minimum atomic E-state index is 0. The first kappa shape index (κ1) is 14.8. The molecule has 70 valence electrons. The van der Waals surface area contributed by atoms with Crippen molar-refractivity contribution in [3.05, 3.63) is 28.0 Å². The van der Waals surface area contributed by atoms with Gasteiger partial charge in [-0.25, -0.2) is 4.98 Å². The summed E-state index contributed by atoms with van der Waals surface area (Å²) in [6, 6.07) is 1.57. The maximum Gasteiger partial charge on any atom is 0.130 e. The molecule has 1 heterocycles. The van der Waals surface area contributed by atoms with Gasteiger partial charge in [0.25, 0.3) is 0 Å². The Morgan fingerprint density at radius 2 is 1.92 bits per heavy atom. The van der Waals surface area contributed by atoms with E-state index in [1.165, 1.54) is 0 Å². The maximum absolute atomic E-state index is 5.73. The van der Waals surface area contributed by atoms with Crippen LogP contribution in [0.5, 0.6) is 0 Å². The highest BCUT2D eigenvalue weighted by molar-refractivity contribution is 6.34. The molecule has 0 amide bonds. The van der Waals surface area contributed by atoms with Crippen molar-refractivity contribution in [2.24, 2.45) is 5.73 Å². The van der Waals surface area contributed by atoms with Crippen LogP contribution in [0.4, 0.5) is 0 Å². The first-order valence-corrected chi connectivity index (χ1v) is 3.49. The zero-order valence-electron chi connectivity index (χ0n) is 5.96. The quantitative estimate of drug-likeness (QED) is 0.778. The molecule has 2 nitrogen and oxygen atoms in total. The van der Waals surface area contributed by atoms with E-state index in [9.17, 15) is 0 Å². The summed E-state index contributed by atoms with van der Waals surface area (Å²) < 4.78 is 0. The molecule has 0 unspecified atom stereocenters. The zero-order valence-corrected chi connectivity index (χ0v) is 9.10. The highest BCUT2D eigenvalue weighted by Crippen LogP contribution is 2.17. The summed E-state index contributed by atoms with van der Waals surface area (Å²) in [5.74, 6) is 0. The fourth-order valence-electron chi connectivity index (χ4n) is 0.586. The zero-order chi connectivity index (χ0) is 7.56. The van der Waals surface area contributed by atoms with E-state index in [0.717, 1.165) is 5.56 Å². The van der Waals surface area contributed by atoms with Gasteiger partial charge in [-0.15, -0.1) is 24.8 Å². The Morgan fingerprint density at radius 3 is 2.33 bits per heavy atom. The van der Waals surface area contributed by atoms with Crippen LogP contribution in [-0.4, -0.2) is 4.98 Å². The van der Waals surface area contributed by atoms with Crippen LogP contribution >= 0.6 is 48.0 Å². The van der Waals surface area contributed by atoms with Crippen LogP contribution in [0.1, 0.15) is 5.56 Å². The van der Waals surface area contributed by atoms with E-state index in [1.807, 2.05) is 0 Å². The van der Waals surface area contributed by atoms with E-state index in [1.54, 1.807) is 12.3 Å². The number of aromatic nitrogens is 1. The predicted molar refractivity (Wildman–Crippen MR) is 56.6 cm³/mol. The molecule has 0 radical (unpaired) electrons. The molecule has 0 bridgehead atoms. The topological polar surface area (TPSA) is 38.9 Å². The van der Waals surface area contributed by atoms with Crippen LogP contribution in [0, 0.1) is 0 Å². The smallest absolute Gasteiger partial charge is 0.130 e. The Labute approximate surface area is 93.3 Å². The minimum Gasteiger partial charge on any atom is -0.326 e. The summed E-state index contributed by atoms with van der Waals surface area (Å²) in [4.78, 5) is 3.81. The Kier molecular flexibility index (Phi) is 8.31. The molecule has 1 rings (SSSR count). The fourth-order valence-corrected chi connectivity index (χ4v) is 1.03. The standard InChI is InChI=1S/C6H6Cl2N2.2ClH/c7-5-1-6(8)10-3-4(5)2-9;;/h1,3H,2,9H2;2*1H. The number of rotatable bonds is 1. The lowest BCUT2D eigenvalue weighted by Crippen LogP contribution is -1.97. The maximum atomic E-state index is 5.73. The second-order valence-electron chi connectivity index (χ2n) is 1.80. The highest BCUT2D eigenvalue weighted by atomic mass is 35.5. The number of nitrogens with two attached hydrogens (primary N) is 1. The summed E-state index contributed by atoms with van der Waals surface area (Å²) in [5, 5.41) is 0.963. The Morgan fingerprint density at radius 1 is 1.33 bits per heavy atom. The molecule has 0 spiro atoms. The second-order valence-corrected chi connectivity index (χ2v) is 2.60. The first-order valence-electron chi connectivity index (χ1n) is 2.74.